The number of methoxy groups -OCH3 is 2. The van der Waals surface area contributed by atoms with Crippen molar-refractivity contribution in [3.8, 4) is 28.4 Å². The molecule has 0 bridgehead atoms. The summed E-state index contributed by atoms with van der Waals surface area (Å²) < 4.78 is 16.8. The van der Waals surface area contributed by atoms with Gasteiger partial charge in [-0.2, -0.15) is 0 Å². The van der Waals surface area contributed by atoms with Crippen molar-refractivity contribution in [1.82, 2.24) is 10.6 Å². The van der Waals surface area contributed by atoms with Crippen LogP contribution in [0.1, 0.15) is 18.4 Å². The van der Waals surface area contributed by atoms with E-state index in [0.717, 1.165) is 22.4 Å². The summed E-state index contributed by atoms with van der Waals surface area (Å²) in [5.41, 5.74) is 2.74. The summed E-state index contributed by atoms with van der Waals surface area (Å²) in [6.07, 6.45) is 1.30. The van der Waals surface area contributed by atoms with Gasteiger partial charge in [-0.25, -0.2) is 0 Å². The van der Waals surface area contributed by atoms with E-state index in [4.69, 9.17) is 25.8 Å². The Kier molecular flexibility index (Phi) is 5.72. The van der Waals surface area contributed by atoms with Crippen LogP contribution < -0.4 is 24.8 Å². The van der Waals surface area contributed by atoms with Crippen molar-refractivity contribution in [3.05, 3.63) is 40.9 Å². The van der Waals surface area contributed by atoms with E-state index in [0.29, 0.717) is 42.3 Å². The molecular formula is C22H23ClN2O5. The third kappa shape index (κ3) is 4.03. The number of fused-ring (bicyclic) bond motifs is 1. The molecule has 0 radical (unpaired) electrons. The standard InChI is InChI=1S/C22H23ClN2O5/c1-28-14-3-5-19(29-2)16(10-14)12-7-13-8-15(30-21(13)17(23)9-12)11-24-22(27)18-4-6-20(26)25-18/h3,5,7,9-10,15,18H,4,6,8,11H2,1-2H3,(H,24,27)(H,25,26)/t15?,18-/m0/s1. The van der Waals surface area contributed by atoms with Gasteiger partial charge >= 0.3 is 0 Å². The van der Waals surface area contributed by atoms with Crippen molar-refractivity contribution in [1.29, 1.82) is 0 Å². The van der Waals surface area contributed by atoms with E-state index in [2.05, 4.69) is 10.6 Å². The molecule has 2 atom stereocenters. The van der Waals surface area contributed by atoms with E-state index >= 15 is 0 Å². The van der Waals surface area contributed by atoms with Gasteiger partial charge in [0, 0.05) is 24.0 Å². The van der Waals surface area contributed by atoms with Crippen LogP contribution in [0.15, 0.2) is 30.3 Å². The number of hydrogen-bond acceptors (Lipinski definition) is 5. The zero-order valence-corrected chi connectivity index (χ0v) is 17.5. The molecule has 2 aromatic rings. The molecule has 2 N–H and O–H groups in total. The van der Waals surface area contributed by atoms with Gasteiger partial charge in [-0.15, -0.1) is 0 Å². The van der Waals surface area contributed by atoms with Gasteiger partial charge in [-0.3, -0.25) is 9.59 Å². The summed E-state index contributed by atoms with van der Waals surface area (Å²) in [4.78, 5) is 23.5. The molecule has 2 aromatic carbocycles. The van der Waals surface area contributed by atoms with Crippen LogP contribution in [-0.2, 0) is 16.0 Å². The molecule has 1 fully saturated rings. The summed E-state index contributed by atoms with van der Waals surface area (Å²) in [5.74, 6) is 1.79. The number of rotatable bonds is 6. The Morgan fingerprint density at radius 2 is 2.10 bits per heavy atom. The van der Waals surface area contributed by atoms with E-state index in [1.807, 2.05) is 30.3 Å². The van der Waals surface area contributed by atoms with Crippen LogP contribution in [-0.4, -0.2) is 44.7 Å². The highest BCUT2D eigenvalue weighted by Crippen LogP contribution is 2.42. The molecule has 2 aliphatic rings. The summed E-state index contributed by atoms with van der Waals surface area (Å²) in [6, 6.07) is 9.00. The zero-order valence-electron chi connectivity index (χ0n) is 16.8. The number of carbonyl (C=O) groups is 2. The molecule has 0 aromatic heterocycles. The van der Waals surface area contributed by atoms with Crippen LogP contribution in [0.25, 0.3) is 11.1 Å². The lowest BCUT2D eigenvalue weighted by molar-refractivity contribution is -0.126. The fourth-order valence-corrected chi connectivity index (χ4v) is 4.13. The summed E-state index contributed by atoms with van der Waals surface area (Å²) in [7, 11) is 3.24. The van der Waals surface area contributed by atoms with E-state index < -0.39 is 6.04 Å². The van der Waals surface area contributed by atoms with Gasteiger partial charge in [-0.05, 0) is 42.3 Å². The van der Waals surface area contributed by atoms with Crippen LogP contribution in [0.3, 0.4) is 0 Å². The van der Waals surface area contributed by atoms with E-state index in [-0.39, 0.29) is 17.9 Å². The SMILES string of the molecule is COc1ccc(OC)c(-c2cc(Cl)c3c(c2)CC(CNC(=O)[C@@H]2CCC(=O)N2)O3)c1. The maximum absolute atomic E-state index is 12.2. The van der Waals surface area contributed by atoms with Gasteiger partial charge in [0.1, 0.15) is 29.4 Å². The summed E-state index contributed by atoms with van der Waals surface area (Å²) >= 11 is 6.51. The molecule has 7 nitrogen and oxygen atoms in total. The lowest BCUT2D eigenvalue weighted by atomic mass is 9.99. The van der Waals surface area contributed by atoms with Gasteiger partial charge in [0.2, 0.25) is 11.8 Å². The Bertz CT molecular complexity index is 994. The highest BCUT2D eigenvalue weighted by molar-refractivity contribution is 6.32. The van der Waals surface area contributed by atoms with Gasteiger partial charge in [0.15, 0.2) is 0 Å². The first-order chi connectivity index (χ1) is 14.5. The fourth-order valence-electron chi connectivity index (χ4n) is 3.84. The van der Waals surface area contributed by atoms with Gasteiger partial charge < -0.3 is 24.8 Å². The minimum Gasteiger partial charge on any atom is -0.497 e. The number of ether oxygens (including phenoxy) is 3. The number of benzene rings is 2. The van der Waals surface area contributed by atoms with E-state index in [1.165, 1.54) is 0 Å². The first-order valence-electron chi connectivity index (χ1n) is 9.77. The van der Waals surface area contributed by atoms with Crippen molar-refractivity contribution < 1.29 is 23.8 Å². The third-order valence-electron chi connectivity index (χ3n) is 5.39. The maximum Gasteiger partial charge on any atom is 0.242 e. The minimum absolute atomic E-state index is 0.0908. The predicted molar refractivity (Wildman–Crippen MR) is 112 cm³/mol. The molecule has 4 rings (SSSR count). The van der Waals surface area contributed by atoms with Crippen LogP contribution in [0.5, 0.6) is 17.2 Å². The maximum atomic E-state index is 12.2. The number of amides is 2. The fraction of sp³-hybridized carbons (Fsp3) is 0.364. The van der Waals surface area contributed by atoms with Crippen LogP contribution in [0, 0.1) is 0 Å². The Balaban J connectivity index is 1.49. The largest absolute Gasteiger partial charge is 0.497 e. The number of carbonyl (C=O) groups excluding carboxylic acids is 2. The first-order valence-corrected chi connectivity index (χ1v) is 10.1. The molecule has 30 heavy (non-hydrogen) atoms. The molecule has 158 valence electrons. The van der Waals surface area contributed by atoms with Crippen LogP contribution >= 0.6 is 11.6 Å². The number of nitrogens with one attached hydrogen (secondary N) is 2. The van der Waals surface area contributed by atoms with Crippen LogP contribution in [0.4, 0.5) is 0 Å². The molecule has 1 saturated heterocycles. The van der Waals surface area contributed by atoms with Crippen molar-refractivity contribution in [3.63, 3.8) is 0 Å². The smallest absolute Gasteiger partial charge is 0.242 e. The van der Waals surface area contributed by atoms with Crippen molar-refractivity contribution >= 4 is 23.4 Å². The Labute approximate surface area is 179 Å². The van der Waals surface area contributed by atoms with Crippen LogP contribution in [0.2, 0.25) is 5.02 Å². The average Bonchev–Trinajstić information content (AvgIpc) is 3.37. The topological polar surface area (TPSA) is 85.9 Å². The molecule has 0 aliphatic carbocycles. The van der Waals surface area contributed by atoms with E-state index in [1.54, 1.807) is 14.2 Å². The molecular weight excluding hydrogens is 408 g/mol. The third-order valence-corrected chi connectivity index (χ3v) is 5.67. The molecule has 2 aliphatic heterocycles. The minimum atomic E-state index is -0.461. The monoisotopic (exact) mass is 430 g/mol. The number of hydrogen-bond donors (Lipinski definition) is 2. The molecule has 8 heteroatoms. The lowest BCUT2D eigenvalue weighted by Gasteiger charge is -2.15. The Morgan fingerprint density at radius 1 is 1.27 bits per heavy atom. The second-order valence-corrected chi connectivity index (χ2v) is 7.77. The van der Waals surface area contributed by atoms with Gasteiger partial charge in [-0.1, -0.05) is 11.6 Å². The Hall–Kier alpha value is -2.93. The van der Waals surface area contributed by atoms with E-state index in [9.17, 15) is 9.59 Å². The van der Waals surface area contributed by atoms with Gasteiger partial charge in [0.25, 0.3) is 0 Å². The van der Waals surface area contributed by atoms with Gasteiger partial charge in [0.05, 0.1) is 25.8 Å². The number of halogens is 1. The van der Waals surface area contributed by atoms with Crippen molar-refractivity contribution in [2.75, 3.05) is 20.8 Å². The average molecular weight is 431 g/mol. The normalized spacial score (nSPS) is 19.6. The summed E-state index contributed by atoms with van der Waals surface area (Å²) in [6.45, 7) is 0.341. The highest BCUT2D eigenvalue weighted by atomic mass is 35.5. The van der Waals surface area contributed by atoms with Crippen molar-refractivity contribution in [2.24, 2.45) is 0 Å². The molecule has 2 heterocycles. The quantitative estimate of drug-likeness (QED) is 0.736. The zero-order chi connectivity index (χ0) is 21.3. The molecule has 0 saturated carbocycles. The predicted octanol–water partition coefficient (Wildman–Crippen LogP) is 2.72. The molecule has 0 spiro atoms. The highest BCUT2D eigenvalue weighted by Gasteiger charge is 2.30. The second kappa shape index (κ2) is 8.44. The second-order valence-electron chi connectivity index (χ2n) is 7.36. The first kappa shape index (κ1) is 20.3. The van der Waals surface area contributed by atoms with Crippen molar-refractivity contribution in [2.45, 2.75) is 31.4 Å². The Morgan fingerprint density at radius 3 is 2.80 bits per heavy atom. The molecule has 2 amide bonds. The summed E-state index contributed by atoms with van der Waals surface area (Å²) in [5, 5.41) is 6.03. The molecule has 1 unspecified atom stereocenters. The lowest BCUT2D eigenvalue weighted by Crippen LogP contribution is -2.44.